The Morgan fingerprint density at radius 1 is 1.14 bits per heavy atom. The maximum atomic E-state index is 11.8. The lowest BCUT2D eigenvalue weighted by Gasteiger charge is -2.10. The summed E-state index contributed by atoms with van der Waals surface area (Å²) in [5.41, 5.74) is 3.67. The second kappa shape index (κ2) is 7.09. The van der Waals surface area contributed by atoms with Gasteiger partial charge in [-0.1, -0.05) is 59.6 Å². The number of ether oxygens (including phenoxy) is 1. The van der Waals surface area contributed by atoms with Crippen LogP contribution in [0.15, 0.2) is 54.6 Å². The van der Waals surface area contributed by atoms with Gasteiger partial charge in [-0.25, -0.2) is 4.79 Å². The molecule has 0 aliphatic carbocycles. The molecule has 2 rings (SSSR count). The molecule has 0 saturated heterocycles. The van der Waals surface area contributed by atoms with Crippen LogP contribution in [-0.4, -0.2) is 12.6 Å². The van der Waals surface area contributed by atoms with Crippen molar-refractivity contribution in [3.63, 3.8) is 0 Å². The highest BCUT2D eigenvalue weighted by Crippen LogP contribution is 2.29. The zero-order chi connectivity index (χ0) is 15.2. The normalized spacial score (nSPS) is 11.3. The van der Waals surface area contributed by atoms with Crippen LogP contribution in [0.5, 0.6) is 0 Å². The SMILES string of the molecule is CCOC(=O)/C=C(\c1ccc(C)cc1)c1ccccc1Cl. The van der Waals surface area contributed by atoms with Crippen LogP contribution in [0.1, 0.15) is 23.6 Å². The first-order chi connectivity index (χ1) is 10.1. The van der Waals surface area contributed by atoms with E-state index in [1.54, 1.807) is 6.92 Å². The van der Waals surface area contributed by atoms with Crippen LogP contribution in [0, 0.1) is 6.92 Å². The fraction of sp³-hybridized carbons (Fsp3) is 0.167. The van der Waals surface area contributed by atoms with Crippen LogP contribution >= 0.6 is 11.6 Å². The average Bonchev–Trinajstić information content (AvgIpc) is 2.47. The van der Waals surface area contributed by atoms with E-state index in [2.05, 4.69) is 0 Å². The van der Waals surface area contributed by atoms with E-state index in [0.717, 1.165) is 22.3 Å². The molecule has 0 heterocycles. The maximum absolute atomic E-state index is 11.8. The molecule has 0 radical (unpaired) electrons. The maximum Gasteiger partial charge on any atom is 0.331 e. The molecule has 0 amide bonds. The number of benzene rings is 2. The molecule has 0 spiro atoms. The summed E-state index contributed by atoms with van der Waals surface area (Å²) in [4.78, 5) is 11.8. The minimum Gasteiger partial charge on any atom is -0.463 e. The number of rotatable bonds is 4. The molecule has 0 saturated carbocycles. The molecule has 0 aliphatic heterocycles. The van der Waals surface area contributed by atoms with Crippen molar-refractivity contribution in [1.82, 2.24) is 0 Å². The summed E-state index contributed by atoms with van der Waals surface area (Å²) in [7, 11) is 0. The fourth-order valence-corrected chi connectivity index (χ4v) is 2.27. The molecule has 2 aromatic rings. The Balaban J connectivity index is 2.52. The Labute approximate surface area is 130 Å². The Hall–Kier alpha value is -2.06. The number of hydrogen-bond acceptors (Lipinski definition) is 2. The van der Waals surface area contributed by atoms with Gasteiger partial charge in [0.1, 0.15) is 0 Å². The zero-order valence-electron chi connectivity index (χ0n) is 12.1. The van der Waals surface area contributed by atoms with Crippen LogP contribution < -0.4 is 0 Å². The minimum atomic E-state index is -0.368. The molecule has 2 aromatic carbocycles. The Morgan fingerprint density at radius 3 is 2.43 bits per heavy atom. The fourth-order valence-electron chi connectivity index (χ4n) is 2.03. The standard InChI is InChI=1S/C18H17ClO2/c1-3-21-18(20)12-16(14-10-8-13(2)9-11-14)15-6-4-5-7-17(15)19/h4-12H,3H2,1-2H3/b16-12+. The number of carbonyl (C=O) groups excluding carboxylic acids is 1. The van der Waals surface area contributed by atoms with Crippen molar-refractivity contribution in [3.8, 4) is 0 Å². The lowest BCUT2D eigenvalue weighted by Crippen LogP contribution is -2.02. The summed E-state index contributed by atoms with van der Waals surface area (Å²) in [6.07, 6.45) is 1.50. The first-order valence-electron chi connectivity index (χ1n) is 6.82. The van der Waals surface area contributed by atoms with Crippen LogP contribution in [0.4, 0.5) is 0 Å². The molecule has 108 valence electrons. The molecule has 0 N–H and O–H groups in total. The Bertz CT molecular complexity index is 657. The van der Waals surface area contributed by atoms with Gasteiger partial charge in [-0.2, -0.15) is 0 Å². The summed E-state index contributed by atoms with van der Waals surface area (Å²) in [5, 5.41) is 0.605. The highest BCUT2D eigenvalue weighted by Gasteiger charge is 2.11. The van der Waals surface area contributed by atoms with Gasteiger partial charge in [0.2, 0.25) is 0 Å². The lowest BCUT2D eigenvalue weighted by atomic mass is 9.96. The summed E-state index contributed by atoms with van der Waals surface area (Å²) in [6.45, 7) is 4.15. The van der Waals surface area contributed by atoms with Crippen molar-refractivity contribution in [2.24, 2.45) is 0 Å². The van der Waals surface area contributed by atoms with Crippen molar-refractivity contribution >= 4 is 23.1 Å². The molecule has 0 bridgehead atoms. The second-order valence-corrected chi connectivity index (χ2v) is 5.06. The molecule has 0 aliphatic rings. The van der Waals surface area contributed by atoms with Crippen molar-refractivity contribution in [3.05, 3.63) is 76.3 Å². The quantitative estimate of drug-likeness (QED) is 0.607. The molecular formula is C18H17ClO2. The lowest BCUT2D eigenvalue weighted by molar-refractivity contribution is -0.137. The van der Waals surface area contributed by atoms with Gasteiger partial charge in [-0.3, -0.25) is 0 Å². The van der Waals surface area contributed by atoms with Crippen molar-refractivity contribution in [2.45, 2.75) is 13.8 Å². The van der Waals surface area contributed by atoms with Crippen molar-refractivity contribution < 1.29 is 9.53 Å². The minimum absolute atomic E-state index is 0.346. The van der Waals surface area contributed by atoms with Crippen LogP contribution in [0.3, 0.4) is 0 Å². The van der Waals surface area contributed by atoms with E-state index in [-0.39, 0.29) is 5.97 Å². The predicted octanol–water partition coefficient (Wildman–Crippen LogP) is 4.64. The number of carbonyl (C=O) groups is 1. The van der Waals surface area contributed by atoms with Crippen LogP contribution in [-0.2, 0) is 9.53 Å². The van der Waals surface area contributed by atoms with Crippen LogP contribution in [0.25, 0.3) is 5.57 Å². The number of aryl methyl sites for hydroxylation is 1. The van der Waals surface area contributed by atoms with E-state index >= 15 is 0 Å². The third kappa shape index (κ3) is 3.96. The molecule has 21 heavy (non-hydrogen) atoms. The Morgan fingerprint density at radius 2 is 1.81 bits per heavy atom. The number of hydrogen-bond donors (Lipinski definition) is 0. The molecule has 0 unspecified atom stereocenters. The van der Waals surface area contributed by atoms with E-state index in [4.69, 9.17) is 16.3 Å². The molecule has 0 aromatic heterocycles. The monoisotopic (exact) mass is 300 g/mol. The van der Waals surface area contributed by atoms with E-state index in [9.17, 15) is 4.79 Å². The molecule has 0 atom stereocenters. The largest absolute Gasteiger partial charge is 0.463 e. The van der Waals surface area contributed by atoms with Gasteiger partial charge in [-0.15, -0.1) is 0 Å². The summed E-state index contributed by atoms with van der Waals surface area (Å²) < 4.78 is 5.02. The first-order valence-corrected chi connectivity index (χ1v) is 7.20. The summed E-state index contributed by atoms with van der Waals surface area (Å²) in [6, 6.07) is 15.4. The van der Waals surface area contributed by atoms with E-state index in [0.29, 0.717) is 11.6 Å². The molecular weight excluding hydrogens is 284 g/mol. The van der Waals surface area contributed by atoms with Gasteiger partial charge in [0.25, 0.3) is 0 Å². The smallest absolute Gasteiger partial charge is 0.331 e. The topological polar surface area (TPSA) is 26.3 Å². The van der Waals surface area contributed by atoms with Gasteiger partial charge < -0.3 is 4.74 Å². The van der Waals surface area contributed by atoms with Gasteiger partial charge in [0.05, 0.1) is 6.61 Å². The van der Waals surface area contributed by atoms with Crippen molar-refractivity contribution in [1.29, 1.82) is 0 Å². The summed E-state index contributed by atoms with van der Waals surface area (Å²) in [5.74, 6) is -0.368. The van der Waals surface area contributed by atoms with E-state index in [1.807, 2.05) is 55.5 Å². The molecule has 3 heteroatoms. The van der Waals surface area contributed by atoms with Crippen molar-refractivity contribution in [2.75, 3.05) is 6.61 Å². The van der Waals surface area contributed by atoms with Gasteiger partial charge in [0.15, 0.2) is 0 Å². The first kappa shape index (κ1) is 15.3. The Kier molecular flexibility index (Phi) is 5.18. The van der Waals surface area contributed by atoms with E-state index in [1.165, 1.54) is 6.08 Å². The molecule has 0 fully saturated rings. The van der Waals surface area contributed by atoms with E-state index < -0.39 is 0 Å². The third-order valence-corrected chi connectivity index (χ3v) is 3.40. The van der Waals surface area contributed by atoms with Gasteiger partial charge in [0, 0.05) is 16.7 Å². The van der Waals surface area contributed by atoms with Gasteiger partial charge >= 0.3 is 5.97 Å². The predicted molar refractivity (Wildman–Crippen MR) is 86.3 cm³/mol. The second-order valence-electron chi connectivity index (χ2n) is 4.66. The summed E-state index contributed by atoms with van der Waals surface area (Å²) >= 11 is 6.27. The number of esters is 1. The third-order valence-electron chi connectivity index (χ3n) is 3.08. The average molecular weight is 301 g/mol. The van der Waals surface area contributed by atoms with Crippen LogP contribution in [0.2, 0.25) is 5.02 Å². The molecule has 2 nitrogen and oxygen atoms in total. The number of halogens is 1. The highest BCUT2D eigenvalue weighted by atomic mass is 35.5. The zero-order valence-corrected chi connectivity index (χ0v) is 12.9. The van der Waals surface area contributed by atoms with Gasteiger partial charge in [-0.05, 0) is 31.1 Å². The highest BCUT2D eigenvalue weighted by molar-refractivity contribution is 6.32.